The van der Waals surface area contributed by atoms with Crippen LogP contribution < -0.4 is 0 Å². The van der Waals surface area contributed by atoms with Crippen LogP contribution in [0.15, 0.2) is 51.2 Å². The normalized spacial score (nSPS) is 10.8. The van der Waals surface area contributed by atoms with Gasteiger partial charge in [-0.1, -0.05) is 23.4 Å². The van der Waals surface area contributed by atoms with Crippen molar-refractivity contribution in [1.29, 1.82) is 0 Å². The highest BCUT2D eigenvalue weighted by Gasteiger charge is 2.09. The Morgan fingerprint density at radius 2 is 2.05 bits per heavy atom. The van der Waals surface area contributed by atoms with Crippen molar-refractivity contribution in [2.45, 2.75) is 17.3 Å². The summed E-state index contributed by atoms with van der Waals surface area (Å²) in [7, 11) is 0. The van der Waals surface area contributed by atoms with E-state index in [0.717, 1.165) is 15.3 Å². The molecule has 0 saturated carbocycles. The number of aromatic nitrogens is 2. The third-order valence-electron chi connectivity index (χ3n) is 2.67. The van der Waals surface area contributed by atoms with E-state index in [1.54, 1.807) is 23.1 Å². The van der Waals surface area contributed by atoms with Gasteiger partial charge in [0.1, 0.15) is 0 Å². The van der Waals surface area contributed by atoms with Crippen molar-refractivity contribution in [2.75, 3.05) is 0 Å². The molecular weight excluding hydrogens is 292 g/mol. The minimum absolute atomic E-state index is 0.0694. The molecular formula is C14H12N2O2S2. The average molecular weight is 304 g/mol. The number of hydrogen-bond acceptors (Lipinski definition) is 6. The topological polar surface area (TPSA) is 59.2 Å². The summed E-state index contributed by atoms with van der Waals surface area (Å²) in [5.41, 5.74) is 0.911. The van der Waals surface area contributed by atoms with Gasteiger partial charge in [0.05, 0.1) is 17.2 Å². The lowest BCUT2D eigenvalue weighted by atomic mass is 10.2. The Morgan fingerprint density at radius 3 is 2.75 bits per heavy atom. The summed E-state index contributed by atoms with van der Waals surface area (Å²) in [6.45, 7) is 0.0694. The van der Waals surface area contributed by atoms with Gasteiger partial charge < -0.3 is 9.63 Å². The van der Waals surface area contributed by atoms with Crippen molar-refractivity contribution in [3.8, 4) is 10.8 Å². The van der Waals surface area contributed by atoms with Crippen LogP contribution in [-0.4, -0.2) is 15.2 Å². The molecule has 0 unspecified atom stereocenters. The molecule has 102 valence electrons. The third kappa shape index (κ3) is 3.09. The SMILES string of the molecule is OCc1ccc(SCc2noc(-c3cccs3)n2)cc1. The first kappa shape index (κ1) is 13.4. The summed E-state index contributed by atoms with van der Waals surface area (Å²) in [5.74, 6) is 1.92. The molecule has 2 heterocycles. The van der Waals surface area contributed by atoms with Gasteiger partial charge in [-0.2, -0.15) is 4.98 Å². The van der Waals surface area contributed by atoms with Gasteiger partial charge in [-0.05, 0) is 29.1 Å². The van der Waals surface area contributed by atoms with Crippen LogP contribution in [0.3, 0.4) is 0 Å². The highest BCUT2D eigenvalue weighted by Crippen LogP contribution is 2.25. The maximum Gasteiger partial charge on any atom is 0.268 e. The Morgan fingerprint density at radius 1 is 1.20 bits per heavy atom. The smallest absolute Gasteiger partial charge is 0.268 e. The van der Waals surface area contributed by atoms with Crippen LogP contribution in [-0.2, 0) is 12.4 Å². The van der Waals surface area contributed by atoms with Crippen LogP contribution in [0.2, 0.25) is 0 Å². The standard InChI is InChI=1S/C14H12N2O2S2/c17-8-10-3-5-11(6-4-10)20-9-13-15-14(18-16-13)12-2-1-7-19-12/h1-7,17H,8-9H2. The molecule has 1 N–H and O–H groups in total. The summed E-state index contributed by atoms with van der Waals surface area (Å²) in [5, 5.41) is 15.0. The van der Waals surface area contributed by atoms with Crippen molar-refractivity contribution in [3.63, 3.8) is 0 Å². The van der Waals surface area contributed by atoms with Crippen LogP contribution in [0.25, 0.3) is 10.8 Å². The average Bonchev–Trinajstić information content (AvgIpc) is 3.16. The van der Waals surface area contributed by atoms with Gasteiger partial charge in [0.2, 0.25) is 0 Å². The summed E-state index contributed by atoms with van der Waals surface area (Å²) in [4.78, 5) is 6.48. The Balaban J connectivity index is 1.63. The van der Waals surface area contributed by atoms with Gasteiger partial charge in [0.25, 0.3) is 5.89 Å². The molecule has 0 atom stereocenters. The van der Waals surface area contributed by atoms with E-state index in [4.69, 9.17) is 9.63 Å². The lowest BCUT2D eigenvalue weighted by Crippen LogP contribution is -1.85. The second kappa shape index (κ2) is 6.21. The van der Waals surface area contributed by atoms with Gasteiger partial charge in [0, 0.05) is 4.90 Å². The van der Waals surface area contributed by atoms with E-state index in [1.165, 1.54) is 0 Å². The first-order valence-corrected chi connectivity index (χ1v) is 7.91. The maximum atomic E-state index is 8.99. The van der Waals surface area contributed by atoms with E-state index >= 15 is 0 Å². The molecule has 0 spiro atoms. The lowest BCUT2D eigenvalue weighted by Gasteiger charge is -1.99. The van der Waals surface area contributed by atoms with Crippen LogP contribution in [0.4, 0.5) is 0 Å². The predicted molar refractivity (Wildman–Crippen MR) is 79.5 cm³/mol. The molecule has 3 rings (SSSR count). The number of thiophene rings is 1. The monoisotopic (exact) mass is 304 g/mol. The molecule has 0 amide bonds. The van der Waals surface area contributed by atoms with E-state index in [2.05, 4.69) is 10.1 Å². The Hall–Kier alpha value is -1.63. The van der Waals surface area contributed by atoms with Gasteiger partial charge >= 0.3 is 0 Å². The van der Waals surface area contributed by atoms with Crippen LogP contribution >= 0.6 is 23.1 Å². The zero-order valence-electron chi connectivity index (χ0n) is 10.5. The first-order valence-electron chi connectivity index (χ1n) is 6.04. The predicted octanol–water partition coefficient (Wildman–Crippen LogP) is 3.58. The van der Waals surface area contributed by atoms with Gasteiger partial charge in [-0.15, -0.1) is 23.1 Å². The largest absolute Gasteiger partial charge is 0.392 e. The number of hydrogen-bond donors (Lipinski definition) is 1. The fourth-order valence-electron chi connectivity index (χ4n) is 1.65. The second-order valence-corrected chi connectivity index (χ2v) is 6.08. The Bertz CT molecular complexity index is 663. The summed E-state index contributed by atoms with van der Waals surface area (Å²) >= 11 is 3.22. The lowest BCUT2D eigenvalue weighted by molar-refractivity contribution is 0.282. The van der Waals surface area contributed by atoms with Crippen LogP contribution in [0.5, 0.6) is 0 Å². The quantitative estimate of drug-likeness (QED) is 0.730. The molecule has 0 aliphatic rings. The summed E-state index contributed by atoms with van der Waals surface area (Å²) in [6, 6.07) is 11.7. The van der Waals surface area contributed by atoms with E-state index in [0.29, 0.717) is 17.5 Å². The van der Waals surface area contributed by atoms with Crippen molar-refractivity contribution < 1.29 is 9.63 Å². The zero-order chi connectivity index (χ0) is 13.8. The number of aliphatic hydroxyl groups is 1. The number of nitrogens with zero attached hydrogens (tertiary/aromatic N) is 2. The van der Waals surface area contributed by atoms with Crippen LogP contribution in [0, 0.1) is 0 Å². The molecule has 20 heavy (non-hydrogen) atoms. The van der Waals surface area contributed by atoms with E-state index in [1.807, 2.05) is 41.8 Å². The molecule has 0 saturated heterocycles. The fourth-order valence-corrected chi connectivity index (χ4v) is 3.04. The van der Waals surface area contributed by atoms with Crippen molar-refractivity contribution in [1.82, 2.24) is 10.1 Å². The molecule has 6 heteroatoms. The van der Waals surface area contributed by atoms with Crippen molar-refractivity contribution >= 4 is 23.1 Å². The molecule has 0 fully saturated rings. The number of thioether (sulfide) groups is 1. The summed E-state index contributed by atoms with van der Waals surface area (Å²) in [6.07, 6.45) is 0. The molecule has 2 aromatic heterocycles. The molecule has 0 bridgehead atoms. The van der Waals surface area contributed by atoms with Crippen molar-refractivity contribution in [3.05, 3.63) is 53.2 Å². The second-order valence-electron chi connectivity index (χ2n) is 4.08. The number of aliphatic hydroxyl groups excluding tert-OH is 1. The molecule has 3 aromatic rings. The first-order chi connectivity index (χ1) is 9.85. The summed E-state index contributed by atoms with van der Waals surface area (Å²) < 4.78 is 5.24. The molecule has 4 nitrogen and oxygen atoms in total. The van der Waals surface area contributed by atoms with Crippen LogP contribution in [0.1, 0.15) is 11.4 Å². The third-order valence-corrected chi connectivity index (χ3v) is 4.54. The number of rotatable bonds is 5. The van der Waals surface area contributed by atoms with Gasteiger partial charge in [0.15, 0.2) is 5.82 Å². The van der Waals surface area contributed by atoms with E-state index in [9.17, 15) is 0 Å². The molecule has 0 radical (unpaired) electrons. The fraction of sp³-hybridized carbons (Fsp3) is 0.143. The maximum absolute atomic E-state index is 8.99. The Labute approximate surface area is 124 Å². The molecule has 1 aromatic carbocycles. The highest BCUT2D eigenvalue weighted by molar-refractivity contribution is 7.98. The van der Waals surface area contributed by atoms with Crippen molar-refractivity contribution in [2.24, 2.45) is 0 Å². The Kier molecular flexibility index (Phi) is 4.15. The van der Waals surface area contributed by atoms with E-state index < -0.39 is 0 Å². The minimum atomic E-state index is 0.0694. The highest BCUT2D eigenvalue weighted by atomic mass is 32.2. The minimum Gasteiger partial charge on any atom is -0.392 e. The van der Waals surface area contributed by atoms with E-state index in [-0.39, 0.29) is 6.61 Å². The van der Waals surface area contributed by atoms with Gasteiger partial charge in [-0.25, -0.2) is 0 Å². The zero-order valence-corrected chi connectivity index (χ0v) is 12.2. The van der Waals surface area contributed by atoms with Gasteiger partial charge in [-0.3, -0.25) is 0 Å². The molecule has 0 aliphatic heterocycles. The molecule has 0 aliphatic carbocycles. The number of benzene rings is 1.